The number of anilines is 1. The van der Waals surface area contributed by atoms with Crippen molar-refractivity contribution in [2.75, 3.05) is 5.32 Å². The molecule has 0 fully saturated rings. The molecule has 6 heteroatoms. The molecule has 2 aromatic rings. The van der Waals surface area contributed by atoms with Crippen molar-refractivity contribution in [2.45, 2.75) is 18.2 Å². The molecule has 0 aliphatic rings. The number of hydrogen-bond acceptors (Lipinski definition) is 3. The van der Waals surface area contributed by atoms with Gasteiger partial charge in [-0.05, 0) is 12.1 Å². The summed E-state index contributed by atoms with van der Waals surface area (Å²) in [5.74, 6) is -0.131. The number of fused-ring (bicyclic) bond motifs is 1. The number of nitrogens with one attached hydrogen (secondary N) is 1. The molecule has 3 N–H and O–H groups in total. The van der Waals surface area contributed by atoms with Crippen LogP contribution in [0.5, 0.6) is 0 Å². The van der Waals surface area contributed by atoms with Gasteiger partial charge in [-0.1, -0.05) is 31.2 Å². The highest BCUT2D eigenvalue weighted by molar-refractivity contribution is 7.89. The SMILES string of the molecule is CCC(=O)Nc1ccc(S(N)(=O)=O)c2ccccc12. The summed E-state index contributed by atoms with van der Waals surface area (Å²) >= 11 is 0. The number of amides is 1. The quantitative estimate of drug-likeness (QED) is 0.897. The highest BCUT2D eigenvalue weighted by Gasteiger charge is 2.14. The van der Waals surface area contributed by atoms with Crippen LogP contribution in [-0.2, 0) is 14.8 Å². The number of carbonyl (C=O) groups excluding carboxylic acids is 1. The zero-order valence-corrected chi connectivity index (χ0v) is 11.2. The standard InChI is InChI=1S/C13H14N2O3S/c1-2-13(16)15-11-7-8-12(19(14,17)18)10-6-4-3-5-9(10)11/h3-8H,2H2,1H3,(H,15,16)(H2,14,17,18). The summed E-state index contributed by atoms with van der Waals surface area (Å²) in [6, 6.07) is 9.86. The van der Waals surface area contributed by atoms with Gasteiger partial charge in [-0.25, -0.2) is 13.6 Å². The summed E-state index contributed by atoms with van der Waals surface area (Å²) in [7, 11) is -3.79. The third-order valence-corrected chi connectivity index (χ3v) is 3.75. The number of nitrogens with two attached hydrogens (primary N) is 1. The number of rotatable bonds is 3. The van der Waals surface area contributed by atoms with E-state index in [2.05, 4.69) is 5.32 Å². The van der Waals surface area contributed by atoms with Gasteiger partial charge in [0.15, 0.2) is 0 Å². The Morgan fingerprint density at radius 2 is 1.79 bits per heavy atom. The summed E-state index contributed by atoms with van der Waals surface area (Å²) in [5, 5.41) is 9.07. The number of hydrogen-bond donors (Lipinski definition) is 2. The van der Waals surface area contributed by atoms with Crippen molar-refractivity contribution in [2.24, 2.45) is 5.14 Å². The average molecular weight is 278 g/mol. The van der Waals surface area contributed by atoms with Crippen LogP contribution in [0.1, 0.15) is 13.3 Å². The molecule has 0 unspecified atom stereocenters. The maximum absolute atomic E-state index is 11.5. The van der Waals surface area contributed by atoms with Crippen LogP contribution < -0.4 is 10.5 Å². The minimum Gasteiger partial charge on any atom is -0.326 e. The molecule has 1 amide bonds. The average Bonchev–Trinajstić information content (AvgIpc) is 2.37. The van der Waals surface area contributed by atoms with Crippen LogP contribution in [-0.4, -0.2) is 14.3 Å². The summed E-state index contributed by atoms with van der Waals surface area (Å²) in [5.41, 5.74) is 0.579. The van der Waals surface area contributed by atoms with Gasteiger partial charge in [0.1, 0.15) is 0 Å². The summed E-state index contributed by atoms with van der Waals surface area (Å²) < 4.78 is 23.1. The second-order valence-corrected chi connectivity index (χ2v) is 5.63. The summed E-state index contributed by atoms with van der Waals surface area (Å²) in [6.07, 6.45) is 0.352. The van der Waals surface area contributed by atoms with E-state index >= 15 is 0 Å². The largest absolute Gasteiger partial charge is 0.326 e. The zero-order valence-electron chi connectivity index (χ0n) is 10.4. The van der Waals surface area contributed by atoms with Crippen molar-refractivity contribution in [1.29, 1.82) is 0 Å². The first-order valence-electron chi connectivity index (χ1n) is 5.78. The van der Waals surface area contributed by atoms with Crippen LogP contribution in [0.4, 0.5) is 5.69 Å². The Morgan fingerprint density at radius 3 is 2.37 bits per heavy atom. The van der Waals surface area contributed by atoms with Crippen molar-refractivity contribution in [3.63, 3.8) is 0 Å². The Kier molecular flexibility index (Phi) is 3.55. The van der Waals surface area contributed by atoms with E-state index in [4.69, 9.17) is 5.14 Å². The molecule has 2 rings (SSSR count). The van der Waals surface area contributed by atoms with Gasteiger partial charge in [0.05, 0.1) is 4.90 Å². The number of sulfonamides is 1. The molecule has 0 bridgehead atoms. The van der Waals surface area contributed by atoms with Crippen molar-refractivity contribution in [3.05, 3.63) is 36.4 Å². The molecule has 0 aliphatic heterocycles. The molecule has 0 saturated heterocycles. The fourth-order valence-electron chi connectivity index (χ4n) is 1.87. The minimum absolute atomic E-state index is 0.0533. The Morgan fingerprint density at radius 1 is 1.16 bits per heavy atom. The first-order chi connectivity index (χ1) is 8.93. The Balaban J connectivity index is 2.69. The monoisotopic (exact) mass is 278 g/mol. The molecule has 0 spiro atoms. The smallest absolute Gasteiger partial charge is 0.238 e. The predicted octanol–water partition coefficient (Wildman–Crippen LogP) is 1.84. The third-order valence-electron chi connectivity index (χ3n) is 2.79. The third kappa shape index (κ3) is 2.74. The molecule has 0 atom stereocenters. The van der Waals surface area contributed by atoms with Gasteiger partial charge < -0.3 is 5.32 Å². The van der Waals surface area contributed by atoms with Crippen LogP contribution in [0.25, 0.3) is 10.8 Å². The van der Waals surface area contributed by atoms with Gasteiger partial charge in [0, 0.05) is 22.9 Å². The molecule has 0 aromatic heterocycles. The Hall–Kier alpha value is -1.92. The molecule has 19 heavy (non-hydrogen) atoms. The first kappa shape index (κ1) is 13.5. The summed E-state index contributed by atoms with van der Waals surface area (Å²) in [6.45, 7) is 1.75. The highest BCUT2D eigenvalue weighted by atomic mass is 32.2. The van der Waals surface area contributed by atoms with Crippen LogP contribution in [0.15, 0.2) is 41.3 Å². The van der Waals surface area contributed by atoms with Gasteiger partial charge >= 0.3 is 0 Å². The zero-order chi connectivity index (χ0) is 14.0. The molecule has 0 aliphatic carbocycles. The fraction of sp³-hybridized carbons (Fsp3) is 0.154. The molecule has 2 aromatic carbocycles. The fourth-order valence-corrected chi connectivity index (χ4v) is 2.61. The van der Waals surface area contributed by atoms with Crippen LogP contribution in [0.2, 0.25) is 0 Å². The lowest BCUT2D eigenvalue weighted by molar-refractivity contribution is -0.115. The molecule has 0 saturated carbocycles. The van der Waals surface area contributed by atoms with E-state index in [1.165, 1.54) is 6.07 Å². The number of primary sulfonamides is 1. The van der Waals surface area contributed by atoms with Crippen molar-refractivity contribution in [3.8, 4) is 0 Å². The van der Waals surface area contributed by atoms with E-state index in [9.17, 15) is 13.2 Å². The van der Waals surface area contributed by atoms with Gasteiger partial charge in [-0.3, -0.25) is 4.79 Å². The van der Waals surface area contributed by atoms with E-state index in [-0.39, 0.29) is 10.8 Å². The van der Waals surface area contributed by atoms with Crippen molar-refractivity contribution >= 4 is 32.4 Å². The van der Waals surface area contributed by atoms with Crippen molar-refractivity contribution < 1.29 is 13.2 Å². The van der Waals surface area contributed by atoms with Crippen LogP contribution in [0.3, 0.4) is 0 Å². The minimum atomic E-state index is -3.79. The first-order valence-corrected chi connectivity index (χ1v) is 7.32. The molecule has 0 radical (unpaired) electrons. The highest BCUT2D eigenvalue weighted by Crippen LogP contribution is 2.28. The molecule has 0 heterocycles. The summed E-state index contributed by atoms with van der Waals surface area (Å²) in [4.78, 5) is 11.5. The van der Waals surface area contributed by atoms with Crippen LogP contribution in [0, 0.1) is 0 Å². The van der Waals surface area contributed by atoms with Crippen LogP contribution >= 0.6 is 0 Å². The second kappa shape index (κ2) is 4.99. The van der Waals surface area contributed by atoms with E-state index in [1.54, 1.807) is 37.3 Å². The van der Waals surface area contributed by atoms with E-state index in [0.717, 1.165) is 0 Å². The maximum atomic E-state index is 11.5. The van der Waals surface area contributed by atoms with E-state index < -0.39 is 10.0 Å². The lowest BCUT2D eigenvalue weighted by Gasteiger charge is -2.10. The van der Waals surface area contributed by atoms with E-state index in [0.29, 0.717) is 22.9 Å². The molecule has 100 valence electrons. The van der Waals surface area contributed by atoms with Crippen molar-refractivity contribution in [1.82, 2.24) is 0 Å². The Labute approximate surface area is 111 Å². The number of carbonyl (C=O) groups is 1. The number of benzene rings is 2. The normalized spacial score (nSPS) is 11.5. The molecular weight excluding hydrogens is 264 g/mol. The van der Waals surface area contributed by atoms with Gasteiger partial charge in [-0.2, -0.15) is 0 Å². The predicted molar refractivity (Wildman–Crippen MR) is 74.2 cm³/mol. The van der Waals surface area contributed by atoms with Gasteiger partial charge in [-0.15, -0.1) is 0 Å². The van der Waals surface area contributed by atoms with Gasteiger partial charge in [0.2, 0.25) is 15.9 Å². The second-order valence-electron chi connectivity index (χ2n) is 4.10. The van der Waals surface area contributed by atoms with E-state index in [1.807, 2.05) is 0 Å². The molecule has 5 nitrogen and oxygen atoms in total. The lowest BCUT2D eigenvalue weighted by atomic mass is 10.1. The molecular formula is C13H14N2O3S. The topological polar surface area (TPSA) is 89.3 Å². The maximum Gasteiger partial charge on any atom is 0.238 e. The Bertz CT molecular complexity index is 739. The van der Waals surface area contributed by atoms with Gasteiger partial charge in [0.25, 0.3) is 0 Å². The lowest BCUT2D eigenvalue weighted by Crippen LogP contribution is -2.14.